The molecular formula is C16H18ClN3O2. The van der Waals surface area contributed by atoms with Crippen molar-refractivity contribution >= 4 is 29.1 Å². The highest BCUT2D eigenvalue weighted by Gasteiger charge is 2.41. The molecule has 1 aromatic rings. The molecule has 22 heavy (non-hydrogen) atoms. The van der Waals surface area contributed by atoms with Crippen molar-refractivity contribution in [3.8, 4) is 0 Å². The lowest BCUT2D eigenvalue weighted by Gasteiger charge is -2.33. The Morgan fingerprint density at radius 1 is 1.18 bits per heavy atom. The maximum Gasteiger partial charge on any atom is 0.283 e. The topological polar surface area (TPSA) is 52.7 Å². The minimum Gasteiger partial charge on any atom is -0.363 e. The number of imide groups is 1. The third-order valence-electron chi connectivity index (χ3n) is 3.98. The van der Waals surface area contributed by atoms with Crippen LogP contribution in [0.15, 0.2) is 35.0 Å². The van der Waals surface area contributed by atoms with E-state index in [0.717, 1.165) is 17.0 Å². The molecular weight excluding hydrogens is 302 g/mol. The molecule has 2 heterocycles. The fourth-order valence-electron chi connectivity index (χ4n) is 2.83. The molecule has 2 aliphatic heterocycles. The molecule has 0 aromatic heterocycles. The highest BCUT2D eigenvalue weighted by molar-refractivity contribution is 6.52. The minimum absolute atomic E-state index is 0.0136. The van der Waals surface area contributed by atoms with E-state index in [2.05, 4.69) is 5.32 Å². The number of nitrogens with one attached hydrogen (secondary N) is 1. The van der Waals surface area contributed by atoms with E-state index in [4.69, 9.17) is 11.6 Å². The first kappa shape index (κ1) is 15.1. The highest BCUT2D eigenvalue weighted by Crippen LogP contribution is 2.31. The minimum atomic E-state index is -0.447. The lowest BCUT2D eigenvalue weighted by molar-refractivity contribution is -0.121. The van der Waals surface area contributed by atoms with E-state index in [1.165, 1.54) is 0 Å². The Morgan fingerprint density at radius 2 is 1.86 bits per heavy atom. The van der Waals surface area contributed by atoms with Gasteiger partial charge < -0.3 is 10.2 Å². The average Bonchev–Trinajstić information content (AvgIpc) is 2.71. The van der Waals surface area contributed by atoms with Crippen molar-refractivity contribution in [2.24, 2.45) is 0 Å². The second-order valence-electron chi connectivity index (χ2n) is 5.75. The van der Waals surface area contributed by atoms with Crippen LogP contribution in [0.5, 0.6) is 0 Å². The second-order valence-corrected chi connectivity index (χ2v) is 6.12. The van der Waals surface area contributed by atoms with E-state index in [1.807, 2.05) is 30.9 Å². The lowest BCUT2D eigenvalue weighted by Crippen LogP contribution is -2.50. The van der Waals surface area contributed by atoms with Crippen molar-refractivity contribution in [2.75, 3.05) is 24.5 Å². The number of hydrogen-bond donors (Lipinski definition) is 1. The third-order valence-corrected chi connectivity index (χ3v) is 4.32. The molecule has 1 atom stereocenters. The van der Waals surface area contributed by atoms with E-state index in [1.54, 1.807) is 12.1 Å². The highest BCUT2D eigenvalue weighted by atomic mass is 35.5. The number of halogens is 1. The molecule has 1 fully saturated rings. The Morgan fingerprint density at radius 3 is 2.50 bits per heavy atom. The largest absolute Gasteiger partial charge is 0.363 e. The summed E-state index contributed by atoms with van der Waals surface area (Å²) in [6, 6.07) is 7.52. The molecule has 6 heteroatoms. The molecule has 1 saturated heterocycles. The molecule has 0 saturated carbocycles. The van der Waals surface area contributed by atoms with Crippen molar-refractivity contribution < 1.29 is 9.59 Å². The number of benzene rings is 1. The van der Waals surface area contributed by atoms with Crippen molar-refractivity contribution in [3.05, 3.63) is 40.6 Å². The van der Waals surface area contributed by atoms with Crippen LogP contribution in [0.3, 0.4) is 0 Å². The summed E-state index contributed by atoms with van der Waals surface area (Å²) >= 11 is 6.19. The monoisotopic (exact) mass is 319 g/mol. The number of carbonyl (C=O) groups excluding carboxylic acids is 2. The molecule has 1 aromatic carbocycles. The van der Waals surface area contributed by atoms with Gasteiger partial charge in [-0.1, -0.05) is 29.3 Å². The van der Waals surface area contributed by atoms with Crippen LogP contribution in [0.1, 0.15) is 12.5 Å². The molecule has 0 aliphatic carbocycles. The van der Waals surface area contributed by atoms with E-state index in [-0.39, 0.29) is 17.0 Å². The Labute approximate surface area is 134 Å². The second kappa shape index (κ2) is 5.74. The van der Waals surface area contributed by atoms with Gasteiger partial charge in [0.15, 0.2) is 0 Å². The molecule has 2 aliphatic rings. The first-order valence-corrected chi connectivity index (χ1v) is 7.70. The van der Waals surface area contributed by atoms with E-state index in [0.29, 0.717) is 24.5 Å². The van der Waals surface area contributed by atoms with Crippen LogP contribution in [0, 0.1) is 6.92 Å². The van der Waals surface area contributed by atoms with Crippen LogP contribution in [-0.4, -0.2) is 42.4 Å². The molecule has 0 unspecified atom stereocenters. The molecule has 0 bridgehead atoms. The first-order valence-electron chi connectivity index (χ1n) is 7.32. The summed E-state index contributed by atoms with van der Waals surface area (Å²) in [4.78, 5) is 28.2. The normalized spacial score (nSPS) is 22.8. The molecule has 0 radical (unpaired) electrons. The fourth-order valence-corrected chi connectivity index (χ4v) is 3.11. The number of amides is 2. The third kappa shape index (κ3) is 2.51. The lowest BCUT2D eigenvalue weighted by atomic mass is 10.2. The SMILES string of the molecule is Cc1ccc(N2C(=O)C(Cl)=C(N3CCN[C@@H](C)C3)C2=O)cc1. The van der Waals surface area contributed by atoms with Crippen LogP contribution in [0.2, 0.25) is 0 Å². The number of rotatable bonds is 2. The van der Waals surface area contributed by atoms with Crippen LogP contribution in [0.4, 0.5) is 5.69 Å². The van der Waals surface area contributed by atoms with Gasteiger partial charge >= 0.3 is 0 Å². The van der Waals surface area contributed by atoms with Crippen molar-refractivity contribution in [1.82, 2.24) is 10.2 Å². The number of anilines is 1. The summed E-state index contributed by atoms with van der Waals surface area (Å²) in [7, 11) is 0. The Balaban J connectivity index is 1.91. The Kier molecular flexibility index (Phi) is 3.93. The smallest absolute Gasteiger partial charge is 0.283 e. The number of aryl methyl sites for hydroxylation is 1. The summed E-state index contributed by atoms with van der Waals surface area (Å²) in [6.07, 6.45) is 0. The molecule has 116 valence electrons. The maximum atomic E-state index is 12.7. The van der Waals surface area contributed by atoms with Gasteiger partial charge in [0.1, 0.15) is 10.7 Å². The molecule has 0 spiro atoms. The summed E-state index contributed by atoms with van der Waals surface area (Å²) in [6.45, 7) is 6.08. The van der Waals surface area contributed by atoms with E-state index < -0.39 is 5.91 Å². The van der Waals surface area contributed by atoms with Gasteiger partial charge in [-0.25, -0.2) is 4.90 Å². The van der Waals surface area contributed by atoms with Gasteiger partial charge in [0.2, 0.25) is 0 Å². The van der Waals surface area contributed by atoms with Crippen molar-refractivity contribution in [1.29, 1.82) is 0 Å². The van der Waals surface area contributed by atoms with Gasteiger partial charge in [-0.3, -0.25) is 9.59 Å². The molecule has 3 rings (SSSR count). The van der Waals surface area contributed by atoms with E-state index in [9.17, 15) is 9.59 Å². The van der Waals surface area contributed by atoms with Gasteiger partial charge in [-0.15, -0.1) is 0 Å². The Hall–Kier alpha value is -1.85. The Bertz CT molecular complexity index is 654. The van der Waals surface area contributed by atoms with Crippen molar-refractivity contribution in [3.63, 3.8) is 0 Å². The van der Waals surface area contributed by atoms with Crippen LogP contribution in [-0.2, 0) is 9.59 Å². The molecule has 5 nitrogen and oxygen atoms in total. The van der Waals surface area contributed by atoms with Crippen LogP contribution >= 0.6 is 11.6 Å². The van der Waals surface area contributed by atoms with Gasteiger partial charge in [0.05, 0.1) is 5.69 Å². The summed E-state index contributed by atoms with van der Waals surface area (Å²) in [5.41, 5.74) is 1.94. The number of hydrogen-bond acceptors (Lipinski definition) is 4. The predicted molar refractivity (Wildman–Crippen MR) is 85.6 cm³/mol. The zero-order chi connectivity index (χ0) is 15.9. The first-order chi connectivity index (χ1) is 10.5. The quantitative estimate of drug-likeness (QED) is 0.842. The summed E-state index contributed by atoms with van der Waals surface area (Å²) < 4.78 is 0. The van der Waals surface area contributed by atoms with Gasteiger partial charge in [0.25, 0.3) is 11.8 Å². The molecule has 1 N–H and O–H groups in total. The molecule has 2 amide bonds. The summed E-state index contributed by atoms with van der Waals surface area (Å²) in [5.74, 6) is -0.787. The number of nitrogens with zero attached hydrogens (tertiary/aromatic N) is 2. The van der Waals surface area contributed by atoms with Crippen LogP contribution < -0.4 is 10.2 Å². The van der Waals surface area contributed by atoms with Gasteiger partial charge in [0, 0.05) is 25.7 Å². The van der Waals surface area contributed by atoms with E-state index >= 15 is 0 Å². The van der Waals surface area contributed by atoms with Gasteiger partial charge in [-0.2, -0.15) is 0 Å². The van der Waals surface area contributed by atoms with Crippen LogP contribution in [0.25, 0.3) is 0 Å². The standard InChI is InChI=1S/C16H18ClN3O2/c1-10-3-5-12(6-4-10)20-15(21)13(17)14(16(20)22)19-8-7-18-11(2)9-19/h3-6,11,18H,7-9H2,1-2H3/t11-/m0/s1. The van der Waals surface area contributed by atoms with Gasteiger partial charge in [-0.05, 0) is 26.0 Å². The zero-order valence-corrected chi connectivity index (χ0v) is 13.4. The number of carbonyl (C=O) groups is 2. The average molecular weight is 320 g/mol. The zero-order valence-electron chi connectivity index (χ0n) is 12.6. The maximum absolute atomic E-state index is 12.7. The number of piperazine rings is 1. The van der Waals surface area contributed by atoms with Crippen molar-refractivity contribution in [2.45, 2.75) is 19.9 Å². The fraction of sp³-hybridized carbons (Fsp3) is 0.375. The summed E-state index contributed by atoms with van der Waals surface area (Å²) in [5, 5.41) is 3.32. The predicted octanol–water partition coefficient (Wildman–Crippen LogP) is 1.61.